The summed E-state index contributed by atoms with van der Waals surface area (Å²) < 4.78 is 0. The topological polar surface area (TPSA) is 53.6 Å². The minimum absolute atomic E-state index is 0.590. The number of hydrogen-bond donors (Lipinski definition) is 2. The number of guanidine groups is 1. The average Bonchev–Trinajstić information content (AvgIpc) is 2.52. The summed E-state index contributed by atoms with van der Waals surface area (Å²) in [5.41, 5.74) is 8.81. The van der Waals surface area contributed by atoms with E-state index >= 15 is 0 Å². The van der Waals surface area contributed by atoms with Crippen LogP contribution in [0.2, 0.25) is 0 Å². The van der Waals surface area contributed by atoms with Crippen LogP contribution in [0.1, 0.15) is 37.3 Å². The van der Waals surface area contributed by atoms with Crippen molar-refractivity contribution in [3.8, 4) is 0 Å². The molecule has 116 valence electrons. The fourth-order valence-electron chi connectivity index (χ4n) is 2.69. The smallest absolute Gasteiger partial charge is 0.188 e. The first-order chi connectivity index (χ1) is 10.3. The first kappa shape index (κ1) is 15.8. The van der Waals surface area contributed by atoms with Gasteiger partial charge < -0.3 is 11.1 Å². The number of rotatable bonds is 7. The maximum atomic E-state index is 5.82. The van der Waals surface area contributed by atoms with Gasteiger partial charge in [0.2, 0.25) is 0 Å². The second-order valence-corrected chi connectivity index (χ2v) is 5.70. The highest BCUT2D eigenvalue weighted by atomic mass is 15.1. The van der Waals surface area contributed by atoms with Crippen LogP contribution in [0, 0.1) is 0 Å². The van der Waals surface area contributed by atoms with Gasteiger partial charge in [-0.05, 0) is 30.4 Å². The minimum Gasteiger partial charge on any atom is -0.370 e. The van der Waals surface area contributed by atoms with Crippen molar-refractivity contribution in [3.63, 3.8) is 0 Å². The highest BCUT2D eigenvalue weighted by Gasteiger charge is 2.14. The molecule has 1 aliphatic heterocycles. The zero-order valence-electron chi connectivity index (χ0n) is 13.1. The Balaban J connectivity index is 1.65. The van der Waals surface area contributed by atoms with Crippen LogP contribution in [0.3, 0.4) is 0 Å². The Morgan fingerprint density at radius 2 is 2.10 bits per heavy atom. The largest absolute Gasteiger partial charge is 0.370 e. The van der Waals surface area contributed by atoms with Crippen LogP contribution in [0.15, 0.2) is 29.3 Å². The molecule has 0 atom stereocenters. The van der Waals surface area contributed by atoms with E-state index in [0.29, 0.717) is 5.96 Å². The Bertz CT molecular complexity index is 456. The van der Waals surface area contributed by atoms with Crippen molar-refractivity contribution in [1.29, 1.82) is 0 Å². The van der Waals surface area contributed by atoms with Gasteiger partial charge in [-0.25, -0.2) is 0 Å². The summed E-state index contributed by atoms with van der Waals surface area (Å²) in [5, 5.41) is 3.15. The summed E-state index contributed by atoms with van der Waals surface area (Å²) in [6.45, 7) is 7.23. The van der Waals surface area contributed by atoms with Crippen molar-refractivity contribution in [2.45, 2.75) is 39.2 Å². The molecule has 0 bridgehead atoms. The van der Waals surface area contributed by atoms with Crippen LogP contribution in [-0.4, -0.2) is 37.0 Å². The number of nitrogens with zero attached hydrogens (tertiary/aromatic N) is 2. The van der Waals surface area contributed by atoms with E-state index in [0.717, 1.165) is 45.6 Å². The van der Waals surface area contributed by atoms with Gasteiger partial charge in [0.15, 0.2) is 5.96 Å². The Morgan fingerprint density at radius 3 is 2.90 bits per heavy atom. The molecule has 4 heteroatoms. The number of fused-ring (bicyclic) bond motifs is 1. The molecule has 3 N–H and O–H groups in total. The third-order valence-electron chi connectivity index (χ3n) is 3.96. The van der Waals surface area contributed by atoms with Gasteiger partial charge in [-0.3, -0.25) is 9.89 Å². The quantitative estimate of drug-likeness (QED) is 0.459. The zero-order chi connectivity index (χ0) is 14.9. The molecular formula is C17H28N4. The predicted octanol–water partition coefficient (Wildman–Crippen LogP) is 2.14. The minimum atomic E-state index is 0.590. The average molecular weight is 288 g/mol. The van der Waals surface area contributed by atoms with E-state index in [4.69, 9.17) is 5.73 Å². The second-order valence-electron chi connectivity index (χ2n) is 5.70. The fourth-order valence-corrected chi connectivity index (χ4v) is 2.69. The van der Waals surface area contributed by atoms with E-state index in [2.05, 4.69) is 46.4 Å². The van der Waals surface area contributed by atoms with Gasteiger partial charge in [0.25, 0.3) is 0 Å². The monoisotopic (exact) mass is 288 g/mol. The number of nitrogens with one attached hydrogen (secondary N) is 1. The number of nitrogens with two attached hydrogens (primary N) is 1. The van der Waals surface area contributed by atoms with Crippen molar-refractivity contribution in [2.75, 3.05) is 26.2 Å². The van der Waals surface area contributed by atoms with E-state index in [1.807, 2.05) is 0 Å². The predicted molar refractivity (Wildman–Crippen MR) is 89.4 cm³/mol. The number of benzene rings is 1. The Hall–Kier alpha value is -1.55. The molecule has 21 heavy (non-hydrogen) atoms. The lowest BCUT2D eigenvalue weighted by Gasteiger charge is -2.28. The van der Waals surface area contributed by atoms with Gasteiger partial charge in [-0.2, -0.15) is 0 Å². The maximum Gasteiger partial charge on any atom is 0.188 e. The summed E-state index contributed by atoms with van der Waals surface area (Å²) in [4.78, 5) is 6.89. The second kappa shape index (κ2) is 8.67. The summed E-state index contributed by atoms with van der Waals surface area (Å²) in [5.74, 6) is 0.590. The standard InChI is InChI=1S/C17H28N4/c1-2-3-10-19-17(18)20-11-6-12-21-13-9-15-7-4-5-8-16(15)14-21/h4-5,7-8H,2-3,6,9-14H2,1H3,(H3,18,19,20). The van der Waals surface area contributed by atoms with Crippen molar-refractivity contribution >= 4 is 5.96 Å². The molecule has 0 amide bonds. The van der Waals surface area contributed by atoms with Crippen LogP contribution in [0.5, 0.6) is 0 Å². The lowest BCUT2D eigenvalue weighted by Crippen LogP contribution is -2.33. The molecule has 0 saturated heterocycles. The van der Waals surface area contributed by atoms with Gasteiger partial charge in [0.05, 0.1) is 0 Å². The molecule has 1 heterocycles. The molecule has 0 saturated carbocycles. The summed E-state index contributed by atoms with van der Waals surface area (Å²) in [6.07, 6.45) is 4.55. The lowest BCUT2D eigenvalue weighted by molar-refractivity contribution is 0.252. The normalized spacial score (nSPS) is 15.8. The molecule has 0 aliphatic carbocycles. The third kappa shape index (κ3) is 5.38. The highest BCUT2D eigenvalue weighted by molar-refractivity contribution is 5.77. The molecule has 0 spiro atoms. The molecule has 0 radical (unpaired) electrons. The molecule has 1 aromatic rings. The molecule has 0 fully saturated rings. The zero-order valence-corrected chi connectivity index (χ0v) is 13.1. The Labute approximate surface area is 128 Å². The van der Waals surface area contributed by atoms with Crippen LogP contribution >= 0.6 is 0 Å². The summed E-state index contributed by atoms with van der Waals surface area (Å²) in [6, 6.07) is 8.77. The Kier molecular flexibility index (Phi) is 6.54. The molecule has 1 aliphatic rings. The third-order valence-corrected chi connectivity index (χ3v) is 3.96. The maximum absolute atomic E-state index is 5.82. The lowest BCUT2D eigenvalue weighted by atomic mass is 10.00. The SMILES string of the molecule is CCCCNC(N)=NCCCN1CCc2ccccc2C1. The van der Waals surface area contributed by atoms with Gasteiger partial charge in [-0.15, -0.1) is 0 Å². The first-order valence-corrected chi connectivity index (χ1v) is 8.12. The highest BCUT2D eigenvalue weighted by Crippen LogP contribution is 2.18. The van der Waals surface area contributed by atoms with Crippen LogP contribution < -0.4 is 11.1 Å². The molecular weight excluding hydrogens is 260 g/mol. The molecule has 0 aromatic heterocycles. The van der Waals surface area contributed by atoms with E-state index < -0.39 is 0 Å². The number of unbranched alkanes of at least 4 members (excludes halogenated alkanes) is 1. The van der Waals surface area contributed by atoms with E-state index in [-0.39, 0.29) is 0 Å². The van der Waals surface area contributed by atoms with E-state index in [1.54, 1.807) is 0 Å². The van der Waals surface area contributed by atoms with Crippen LogP contribution in [0.25, 0.3) is 0 Å². The molecule has 0 unspecified atom stereocenters. The molecule has 2 rings (SSSR count). The summed E-state index contributed by atoms with van der Waals surface area (Å²) in [7, 11) is 0. The van der Waals surface area contributed by atoms with Crippen molar-refractivity contribution in [1.82, 2.24) is 10.2 Å². The number of hydrogen-bond acceptors (Lipinski definition) is 2. The van der Waals surface area contributed by atoms with E-state index in [9.17, 15) is 0 Å². The Morgan fingerprint density at radius 1 is 1.29 bits per heavy atom. The van der Waals surface area contributed by atoms with Crippen LogP contribution in [-0.2, 0) is 13.0 Å². The van der Waals surface area contributed by atoms with Gasteiger partial charge in [0.1, 0.15) is 0 Å². The van der Waals surface area contributed by atoms with Crippen molar-refractivity contribution in [2.24, 2.45) is 10.7 Å². The van der Waals surface area contributed by atoms with Crippen LogP contribution in [0.4, 0.5) is 0 Å². The summed E-state index contributed by atoms with van der Waals surface area (Å²) >= 11 is 0. The molecule has 4 nitrogen and oxygen atoms in total. The van der Waals surface area contributed by atoms with Crippen molar-refractivity contribution < 1.29 is 0 Å². The molecule has 1 aromatic carbocycles. The van der Waals surface area contributed by atoms with Gasteiger partial charge in [-0.1, -0.05) is 37.6 Å². The van der Waals surface area contributed by atoms with Crippen molar-refractivity contribution in [3.05, 3.63) is 35.4 Å². The van der Waals surface area contributed by atoms with Gasteiger partial charge in [0, 0.05) is 32.7 Å². The van der Waals surface area contributed by atoms with E-state index in [1.165, 1.54) is 24.0 Å². The van der Waals surface area contributed by atoms with Gasteiger partial charge >= 0.3 is 0 Å². The fraction of sp³-hybridized carbons (Fsp3) is 0.588. The number of aliphatic imine (C=N–C) groups is 1. The first-order valence-electron chi connectivity index (χ1n) is 8.12.